The number of amidine groups is 1. The molecule has 24 heavy (non-hydrogen) atoms. The predicted octanol–water partition coefficient (Wildman–Crippen LogP) is 6.40. The molecule has 128 valence electrons. The highest BCUT2D eigenvalue weighted by Crippen LogP contribution is 2.39. The second-order valence-electron chi connectivity index (χ2n) is 5.36. The largest absolute Gasteiger partial charge is 0.389 e. The molecule has 3 rings (SSSR count). The van der Waals surface area contributed by atoms with Crippen LogP contribution in [0.25, 0.3) is 0 Å². The SMILES string of the molecule is Cc1csc2c1N=C(SCCC(F)(F)F)N(c1ccc(Cl)cc1)C2. The van der Waals surface area contributed by atoms with Crippen LogP contribution in [0.4, 0.5) is 24.5 Å². The number of rotatable bonds is 3. The highest BCUT2D eigenvalue weighted by Gasteiger charge is 2.29. The fraction of sp³-hybridized carbons (Fsp3) is 0.312. The van der Waals surface area contributed by atoms with Crippen LogP contribution >= 0.6 is 34.7 Å². The third-order valence-corrected chi connectivity index (χ3v) is 5.82. The highest BCUT2D eigenvalue weighted by atomic mass is 35.5. The van der Waals surface area contributed by atoms with Gasteiger partial charge in [-0.15, -0.1) is 11.3 Å². The van der Waals surface area contributed by atoms with Crippen LogP contribution < -0.4 is 4.90 Å². The number of hydrogen-bond donors (Lipinski definition) is 0. The van der Waals surface area contributed by atoms with E-state index in [4.69, 9.17) is 11.6 Å². The highest BCUT2D eigenvalue weighted by molar-refractivity contribution is 8.14. The number of aliphatic imine (C=N–C) groups is 1. The summed E-state index contributed by atoms with van der Waals surface area (Å²) in [5.74, 6) is -0.0507. The summed E-state index contributed by atoms with van der Waals surface area (Å²) in [6, 6.07) is 7.25. The summed E-state index contributed by atoms with van der Waals surface area (Å²) < 4.78 is 37.3. The Morgan fingerprint density at radius 3 is 2.67 bits per heavy atom. The minimum Gasteiger partial charge on any atom is -0.316 e. The van der Waals surface area contributed by atoms with Crippen molar-refractivity contribution in [2.75, 3.05) is 10.7 Å². The summed E-state index contributed by atoms with van der Waals surface area (Å²) in [6.07, 6.45) is -4.99. The van der Waals surface area contributed by atoms with Crippen LogP contribution in [0.2, 0.25) is 5.02 Å². The molecule has 0 bridgehead atoms. The van der Waals surface area contributed by atoms with Crippen molar-refractivity contribution in [1.29, 1.82) is 0 Å². The lowest BCUT2D eigenvalue weighted by Gasteiger charge is -2.29. The van der Waals surface area contributed by atoms with E-state index in [1.165, 1.54) is 0 Å². The molecule has 0 unspecified atom stereocenters. The molecule has 0 saturated heterocycles. The van der Waals surface area contributed by atoms with E-state index < -0.39 is 12.6 Å². The fourth-order valence-corrected chi connectivity index (χ4v) is 4.39. The lowest BCUT2D eigenvalue weighted by Crippen LogP contribution is -2.30. The van der Waals surface area contributed by atoms with Gasteiger partial charge in [0.25, 0.3) is 0 Å². The molecule has 0 aliphatic carbocycles. The van der Waals surface area contributed by atoms with Crippen LogP contribution in [-0.2, 0) is 6.54 Å². The Balaban J connectivity index is 1.87. The van der Waals surface area contributed by atoms with Gasteiger partial charge in [-0.05, 0) is 42.1 Å². The van der Waals surface area contributed by atoms with Crippen LogP contribution in [0, 0.1) is 6.92 Å². The number of hydrogen-bond acceptors (Lipinski definition) is 4. The quantitative estimate of drug-likeness (QED) is 0.602. The Morgan fingerprint density at radius 1 is 1.29 bits per heavy atom. The van der Waals surface area contributed by atoms with E-state index in [2.05, 4.69) is 4.99 Å². The van der Waals surface area contributed by atoms with E-state index in [-0.39, 0.29) is 5.75 Å². The molecule has 2 heterocycles. The standard InChI is InChI=1S/C16H14ClF3N2S2/c1-10-9-24-13-8-22(12-4-2-11(17)3-5-12)15(21-14(10)13)23-7-6-16(18,19)20/h2-5,9H,6-8H2,1H3. The van der Waals surface area contributed by atoms with Crippen molar-refractivity contribution < 1.29 is 13.2 Å². The van der Waals surface area contributed by atoms with E-state index >= 15 is 0 Å². The average molecular weight is 391 g/mol. The number of alkyl halides is 3. The average Bonchev–Trinajstić information content (AvgIpc) is 2.87. The Morgan fingerprint density at radius 2 is 2.00 bits per heavy atom. The first-order chi connectivity index (χ1) is 11.3. The number of thioether (sulfide) groups is 1. The van der Waals surface area contributed by atoms with Gasteiger partial charge in [0.15, 0.2) is 5.17 Å². The van der Waals surface area contributed by atoms with Crippen molar-refractivity contribution in [3.05, 3.63) is 45.1 Å². The molecule has 2 nitrogen and oxygen atoms in total. The zero-order chi connectivity index (χ0) is 17.3. The third kappa shape index (κ3) is 4.07. The van der Waals surface area contributed by atoms with Gasteiger partial charge in [0, 0.05) is 16.5 Å². The number of halogens is 4. The van der Waals surface area contributed by atoms with Gasteiger partial charge in [-0.25, -0.2) is 4.99 Å². The number of fused-ring (bicyclic) bond motifs is 1. The Bertz CT molecular complexity index is 754. The minimum absolute atomic E-state index is 0.0507. The molecule has 0 amide bonds. The third-order valence-electron chi connectivity index (χ3n) is 3.51. The first-order valence-electron chi connectivity index (χ1n) is 7.22. The van der Waals surface area contributed by atoms with Crippen molar-refractivity contribution in [3.8, 4) is 0 Å². The van der Waals surface area contributed by atoms with Crippen LogP contribution in [0.5, 0.6) is 0 Å². The number of aryl methyl sites for hydroxylation is 1. The molecule has 0 fully saturated rings. The van der Waals surface area contributed by atoms with Gasteiger partial charge in [-0.1, -0.05) is 23.4 Å². The molecule has 0 spiro atoms. The van der Waals surface area contributed by atoms with E-state index in [1.54, 1.807) is 23.5 Å². The van der Waals surface area contributed by atoms with Crippen LogP contribution in [-0.4, -0.2) is 17.1 Å². The number of anilines is 1. The zero-order valence-corrected chi connectivity index (χ0v) is 15.1. The van der Waals surface area contributed by atoms with Gasteiger partial charge in [0.1, 0.15) is 0 Å². The molecule has 0 radical (unpaired) electrons. The van der Waals surface area contributed by atoms with Crippen LogP contribution in [0.3, 0.4) is 0 Å². The van der Waals surface area contributed by atoms with E-state index in [0.717, 1.165) is 33.6 Å². The summed E-state index contributed by atoms with van der Waals surface area (Å²) in [5, 5.41) is 3.24. The molecule has 0 atom stereocenters. The van der Waals surface area contributed by atoms with Gasteiger partial charge in [0.2, 0.25) is 0 Å². The van der Waals surface area contributed by atoms with Gasteiger partial charge in [-0.2, -0.15) is 13.2 Å². The molecule has 1 aromatic heterocycles. The van der Waals surface area contributed by atoms with E-state index in [1.807, 2.05) is 29.3 Å². The Hall–Kier alpha value is -1.18. The Kier molecular flexibility index (Phi) is 5.13. The van der Waals surface area contributed by atoms with Crippen LogP contribution in [0.1, 0.15) is 16.9 Å². The van der Waals surface area contributed by atoms with E-state index in [0.29, 0.717) is 16.7 Å². The molecule has 2 aromatic rings. The van der Waals surface area contributed by atoms with Gasteiger partial charge >= 0.3 is 6.18 Å². The number of thiophene rings is 1. The monoisotopic (exact) mass is 390 g/mol. The topological polar surface area (TPSA) is 15.6 Å². The maximum atomic E-state index is 12.4. The molecule has 1 aliphatic heterocycles. The number of nitrogens with zero attached hydrogens (tertiary/aromatic N) is 2. The van der Waals surface area contributed by atoms with Crippen molar-refractivity contribution >= 4 is 51.2 Å². The van der Waals surface area contributed by atoms with Gasteiger partial charge in [0.05, 0.1) is 23.5 Å². The van der Waals surface area contributed by atoms with Gasteiger partial charge in [-0.3, -0.25) is 0 Å². The fourth-order valence-electron chi connectivity index (χ4n) is 2.31. The second-order valence-corrected chi connectivity index (χ2v) is 7.82. The first-order valence-corrected chi connectivity index (χ1v) is 9.46. The maximum absolute atomic E-state index is 12.4. The zero-order valence-electron chi connectivity index (χ0n) is 12.7. The maximum Gasteiger partial charge on any atom is 0.389 e. The van der Waals surface area contributed by atoms with Crippen molar-refractivity contribution in [2.45, 2.75) is 26.1 Å². The molecular formula is C16H14ClF3N2S2. The Labute approximate surface area is 151 Å². The molecule has 8 heteroatoms. The lowest BCUT2D eigenvalue weighted by molar-refractivity contribution is -0.129. The van der Waals surface area contributed by atoms with E-state index in [9.17, 15) is 13.2 Å². The van der Waals surface area contributed by atoms with Gasteiger partial charge < -0.3 is 4.90 Å². The summed E-state index contributed by atoms with van der Waals surface area (Å²) in [5.41, 5.74) is 2.81. The summed E-state index contributed by atoms with van der Waals surface area (Å²) >= 11 is 8.68. The second kappa shape index (κ2) is 6.98. The first kappa shape index (κ1) is 17.6. The predicted molar refractivity (Wildman–Crippen MR) is 96.9 cm³/mol. The smallest absolute Gasteiger partial charge is 0.316 e. The molecule has 0 N–H and O–H groups in total. The summed E-state index contributed by atoms with van der Waals surface area (Å²) in [4.78, 5) is 7.67. The lowest BCUT2D eigenvalue weighted by atomic mass is 10.2. The molecule has 1 aliphatic rings. The van der Waals surface area contributed by atoms with Crippen molar-refractivity contribution in [2.24, 2.45) is 4.99 Å². The van der Waals surface area contributed by atoms with Crippen LogP contribution in [0.15, 0.2) is 34.6 Å². The summed E-state index contributed by atoms with van der Waals surface area (Å²) in [7, 11) is 0. The number of benzene rings is 1. The summed E-state index contributed by atoms with van der Waals surface area (Å²) in [6.45, 7) is 2.57. The molecule has 1 aromatic carbocycles. The van der Waals surface area contributed by atoms with Crippen molar-refractivity contribution in [1.82, 2.24) is 0 Å². The normalized spacial score (nSPS) is 14.5. The van der Waals surface area contributed by atoms with Crippen molar-refractivity contribution in [3.63, 3.8) is 0 Å². The molecular weight excluding hydrogens is 377 g/mol. The molecule has 0 saturated carbocycles. The minimum atomic E-state index is -4.16.